The first-order valence-electron chi connectivity index (χ1n) is 8.98. The van der Waals surface area contributed by atoms with E-state index in [1.54, 1.807) is 34.6 Å². The Bertz CT molecular complexity index is 920. The maximum Gasteiger partial charge on any atom is 0.163 e. The van der Waals surface area contributed by atoms with Crippen LogP contribution in [0, 0.1) is 17.6 Å². The number of hydrogen-bond acceptors (Lipinski definition) is 2. The Labute approximate surface area is 171 Å². The Hall–Kier alpha value is -1.76. The summed E-state index contributed by atoms with van der Waals surface area (Å²) in [6.45, 7) is 7.92. The molecule has 2 aromatic carbocycles. The first-order valence-corrected chi connectivity index (χ1v) is 10.6. The number of benzene rings is 2. The van der Waals surface area contributed by atoms with Crippen LogP contribution in [0.3, 0.4) is 0 Å². The van der Waals surface area contributed by atoms with Gasteiger partial charge in [0.05, 0.1) is 17.0 Å². The largest absolute Gasteiger partial charge is 0.489 e. The molecule has 3 rings (SSSR count). The van der Waals surface area contributed by atoms with Crippen LogP contribution < -0.4 is 4.74 Å². The molecule has 0 N–H and O–H groups in total. The molecule has 2 unspecified atom stereocenters. The van der Waals surface area contributed by atoms with Gasteiger partial charge in [0.1, 0.15) is 12.4 Å². The van der Waals surface area contributed by atoms with Crippen molar-refractivity contribution in [2.45, 2.75) is 26.4 Å². The van der Waals surface area contributed by atoms with Crippen molar-refractivity contribution in [1.82, 2.24) is 4.31 Å². The number of rotatable bonds is 7. The highest BCUT2D eigenvalue weighted by Gasteiger charge is 2.39. The van der Waals surface area contributed by atoms with Crippen LogP contribution in [0.4, 0.5) is 8.78 Å². The summed E-state index contributed by atoms with van der Waals surface area (Å²) in [5.74, 6) is -0.677. The first kappa shape index (κ1) is 21.0. The van der Waals surface area contributed by atoms with Gasteiger partial charge in [0, 0.05) is 28.4 Å². The van der Waals surface area contributed by atoms with Crippen molar-refractivity contribution < 1.29 is 17.7 Å². The third-order valence-electron chi connectivity index (χ3n) is 4.49. The molecule has 150 valence electrons. The van der Waals surface area contributed by atoms with Gasteiger partial charge in [-0.05, 0) is 35.7 Å². The molecule has 0 radical (unpaired) electrons. The fourth-order valence-electron chi connectivity index (χ4n) is 3.33. The van der Waals surface area contributed by atoms with Crippen LogP contribution in [0.2, 0.25) is 5.02 Å². The van der Waals surface area contributed by atoms with Gasteiger partial charge < -0.3 is 4.74 Å². The Morgan fingerprint density at radius 2 is 2.07 bits per heavy atom. The normalized spacial score (nSPS) is 17.6. The summed E-state index contributed by atoms with van der Waals surface area (Å²) in [5, 5.41) is 0.478. The van der Waals surface area contributed by atoms with Gasteiger partial charge >= 0.3 is 0 Å². The molecular formula is C21H22ClF2NO2S. The van der Waals surface area contributed by atoms with E-state index in [9.17, 15) is 13.0 Å². The van der Waals surface area contributed by atoms with Crippen molar-refractivity contribution in [2.24, 2.45) is 5.92 Å². The second-order valence-corrected chi connectivity index (χ2v) is 8.95. The second-order valence-electron chi connectivity index (χ2n) is 7.07. The quantitative estimate of drug-likeness (QED) is 0.555. The minimum Gasteiger partial charge on any atom is -0.489 e. The van der Waals surface area contributed by atoms with Crippen LogP contribution in [0.15, 0.2) is 43.0 Å². The van der Waals surface area contributed by atoms with Crippen molar-refractivity contribution in [1.29, 1.82) is 0 Å². The van der Waals surface area contributed by atoms with Crippen LogP contribution in [0.1, 0.15) is 36.6 Å². The molecule has 0 aliphatic carbocycles. The zero-order valence-electron chi connectivity index (χ0n) is 15.8. The van der Waals surface area contributed by atoms with E-state index in [4.69, 9.17) is 16.3 Å². The van der Waals surface area contributed by atoms with E-state index in [1.807, 2.05) is 13.8 Å². The van der Waals surface area contributed by atoms with Crippen LogP contribution in [0.5, 0.6) is 5.75 Å². The van der Waals surface area contributed by atoms with Crippen molar-refractivity contribution in [3.05, 3.63) is 76.3 Å². The summed E-state index contributed by atoms with van der Waals surface area (Å²) >= 11 is 6.22. The van der Waals surface area contributed by atoms with Crippen LogP contribution in [-0.2, 0) is 17.5 Å². The van der Waals surface area contributed by atoms with Crippen LogP contribution >= 0.6 is 11.6 Å². The molecule has 0 bridgehead atoms. The predicted molar refractivity (Wildman–Crippen MR) is 109 cm³/mol. The highest BCUT2D eigenvalue weighted by molar-refractivity contribution is 7.82. The molecule has 0 fully saturated rings. The summed E-state index contributed by atoms with van der Waals surface area (Å²) in [5.41, 5.74) is 1.45. The Kier molecular flexibility index (Phi) is 6.53. The van der Waals surface area contributed by atoms with Gasteiger partial charge in [-0.3, -0.25) is 0 Å². The maximum atomic E-state index is 14.5. The number of halogens is 3. The van der Waals surface area contributed by atoms with Crippen molar-refractivity contribution in [3.8, 4) is 5.75 Å². The molecule has 3 nitrogen and oxygen atoms in total. The smallest absolute Gasteiger partial charge is 0.163 e. The highest BCUT2D eigenvalue weighted by Crippen LogP contribution is 2.45. The molecule has 1 aliphatic heterocycles. The van der Waals surface area contributed by atoms with Crippen molar-refractivity contribution in [2.75, 3.05) is 12.4 Å². The standard InChI is InChI=1S/C21H22ClF2NO2S/c1-4-9-27-19-8-5-14(22)10-16(19)21-15-6-7-18(23)20(24)17(15)11-25(21)28(26)12-13(2)3/h4-8,10,13,21H,1,9,11-12H2,2-3H3. The van der Waals surface area contributed by atoms with Gasteiger partial charge in [-0.2, -0.15) is 0 Å². The SMILES string of the molecule is C=CCOc1ccc(Cl)cc1C1c2ccc(F)c(F)c2CN1S(=O)CC(C)C. The molecule has 7 heteroatoms. The van der Waals surface area contributed by atoms with E-state index < -0.39 is 28.7 Å². The summed E-state index contributed by atoms with van der Waals surface area (Å²) in [4.78, 5) is 0. The maximum absolute atomic E-state index is 14.5. The molecule has 0 aromatic heterocycles. The second kappa shape index (κ2) is 8.72. The average Bonchev–Trinajstić information content (AvgIpc) is 3.03. The predicted octanol–water partition coefficient (Wildman–Crippen LogP) is 5.41. The summed E-state index contributed by atoms with van der Waals surface area (Å²) in [6, 6.07) is 7.24. The van der Waals surface area contributed by atoms with E-state index in [2.05, 4.69) is 6.58 Å². The van der Waals surface area contributed by atoms with Crippen molar-refractivity contribution >= 4 is 22.6 Å². The van der Waals surface area contributed by atoms with Gasteiger partial charge in [0.2, 0.25) is 0 Å². The van der Waals surface area contributed by atoms with Gasteiger partial charge in [-0.1, -0.05) is 44.2 Å². The zero-order chi connectivity index (χ0) is 20.4. The Morgan fingerprint density at radius 1 is 1.32 bits per heavy atom. The number of nitrogens with zero attached hydrogens (tertiary/aromatic N) is 1. The van der Waals surface area contributed by atoms with E-state index >= 15 is 0 Å². The molecule has 0 spiro atoms. The fourth-order valence-corrected chi connectivity index (χ4v) is 5.01. The lowest BCUT2D eigenvalue weighted by Gasteiger charge is -2.26. The van der Waals surface area contributed by atoms with Gasteiger partial charge in [-0.25, -0.2) is 17.3 Å². The molecule has 1 aliphatic rings. The molecule has 0 amide bonds. The Balaban J connectivity index is 2.15. The average molecular weight is 426 g/mol. The third kappa shape index (κ3) is 4.14. The molecule has 2 atom stereocenters. The lowest BCUT2D eigenvalue weighted by molar-refractivity contribution is 0.343. The van der Waals surface area contributed by atoms with E-state index in [1.165, 1.54) is 0 Å². The fraction of sp³-hybridized carbons (Fsp3) is 0.333. The first-order chi connectivity index (χ1) is 13.3. The van der Waals surface area contributed by atoms with E-state index in [0.29, 0.717) is 27.7 Å². The monoisotopic (exact) mass is 425 g/mol. The molecule has 0 saturated heterocycles. The summed E-state index contributed by atoms with van der Waals surface area (Å²) in [6.07, 6.45) is 1.62. The van der Waals surface area contributed by atoms with E-state index in [-0.39, 0.29) is 24.6 Å². The third-order valence-corrected chi connectivity index (χ3v) is 6.54. The zero-order valence-corrected chi connectivity index (χ0v) is 17.3. The van der Waals surface area contributed by atoms with E-state index in [0.717, 1.165) is 6.07 Å². The van der Waals surface area contributed by atoms with Crippen molar-refractivity contribution in [3.63, 3.8) is 0 Å². The Morgan fingerprint density at radius 3 is 2.75 bits per heavy atom. The van der Waals surface area contributed by atoms with Gasteiger partial charge in [0.25, 0.3) is 0 Å². The van der Waals surface area contributed by atoms with Crippen LogP contribution in [-0.4, -0.2) is 20.9 Å². The molecule has 2 aromatic rings. The number of fused-ring (bicyclic) bond motifs is 1. The lowest BCUT2D eigenvalue weighted by atomic mass is 9.97. The minimum atomic E-state index is -1.39. The summed E-state index contributed by atoms with van der Waals surface area (Å²) < 4.78 is 48.8. The van der Waals surface area contributed by atoms with Crippen LogP contribution in [0.25, 0.3) is 0 Å². The molecule has 0 saturated carbocycles. The van der Waals surface area contributed by atoms with Gasteiger partial charge in [0.15, 0.2) is 11.6 Å². The van der Waals surface area contributed by atoms with Gasteiger partial charge in [-0.15, -0.1) is 0 Å². The lowest BCUT2D eigenvalue weighted by Crippen LogP contribution is -2.29. The highest BCUT2D eigenvalue weighted by atomic mass is 35.5. The minimum absolute atomic E-state index is 0.0519. The molecular weight excluding hydrogens is 404 g/mol. The number of ether oxygens (including phenoxy) is 1. The summed E-state index contributed by atoms with van der Waals surface area (Å²) in [7, 11) is -1.39. The molecule has 1 heterocycles. The topological polar surface area (TPSA) is 29.5 Å². The molecule has 28 heavy (non-hydrogen) atoms. The number of hydrogen-bond donors (Lipinski definition) is 0.